The van der Waals surface area contributed by atoms with Crippen LogP contribution in [0, 0.1) is 5.82 Å². The summed E-state index contributed by atoms with van der Waals surface area (Å²) in [4.78, 5) is 0. The number of benzene rings is 1. The minimum Gasteiger partial charge on any atom is -0.381 e. The fraction of sp³-hybridized carbons (Fsp3) is 0.467. The van der Waals surface area contributed by atoms with E-state index < -0.39 is 5.60 Å². The van der Waals surface area contributed by atoms with Crippen molar-refractivity contribution in [2.24, 2.45) is 0 Å². The third-order valence-electron chi connectivity index (χ3n) is 3.65. The fourth-order valence-electron chi connectivity index (χ4n) is 2.60. The highest BCUT2D eigenvalue weighted by Crippen LogP contribution is 2.38. The van der Waals surface area contributed by atoms with E-state index in [2.05, 4.69) is 6.08 Å². The molecule has 0 bridgehead atoms. The molecule has 0 radical (unpaired) electrons. The zero-order valence-electron chi connectivity index (χ0n) is 10.2. The van der Waals surface area contributed by atoms with Gasteiger partial charge in [0.15, 0.2) is 0 Å². The molecule has 1 aliphatic rings. The monoisotopic (exact) mass is 234 g/mol. The van der Waals surface area contributed by atoms with Gasteiger partial charge in [-0.15, -0.1) is 0 Å². The summed E-state index contributed by atoms with van der Waals surface area (Å²) in [6.07, 6.45) is 6.72. The molecule has 0 saturated heterocycles. The molecular weight excluding hydrogens is 215 g/mol. The standard InChI is InChI=1S/C15H19FO/c1-2-15(17,12-8-4-3-5-9-12)13-10-6-7-11-14(13)16/h6-8,10-11,17H,2-5,9H2,1H3. The van der Waals surface area contributed by atoms with Crippen LogP contribution in [0.5, 0.6) is 0 Å². The molecule has 1 aromatic rings. The molecule has 0 saturated carbocycles. The molecule has 1 aromatic carbocycles. The second-order valence-electron chi connectivity index (χ2n) is 4.67. The molecule has 0 aromatic heterocycles. The van der Waals surface area contributed by atoms with Gasteiger partial charge in [0.05, 0.1) is 0 Å². The van der Waals surface area contributed by atoms with Gasteiger partial charge in [0.25, 0.3) is 0 Å². The van der Waals surface area contributed by atoms with E-state index in [4.69, 9.17) is 0 Å². The molecule has 1 aliphatic carbocycles. The van der Waals surface area contributed by atoms with Gasteiger partial charge in [-0.25, -0.2) is 4.39 Å². The summed E-state index contributed by atoms with van der Waals surface area (Å²) < 4.78 is 13.8. The van der Waals surface area contributed by atoms with Gasteiger partial charge < -0.3 is 5.11 Å². The molecule has 1 nitrogen and oxygen atoms in total. The predicted octanol–water partition coefficient (Wildman–Crippen LogP) is 3.92. The van der Waals surface area contributed by atoms with Crippen molar-refractivity contribution in [1.82, 2.24) is 0 Å². The smallest absolute Gasteiger partial charge is 0.129 e. The third-order valence-corrected chi connectivity index (χ3v) is 3.65. The lowest BCUT2D eigenvalue weighted by atomic mass is 9.79. The van der Waals surface area contributed by atoms with Gasteiger partial charge >= 0.3 is 0 Å². The van der Waals surface area contributed by atoms with Crippen molar-refractivity contribution in [2.45, 2.75) is 44.6 Å². The molecule has 0 amide bonds. The van der Waals surface area contributed by atoms with Crippen LogP contribution < -0.4 is 0 Å². The van der Waals surface area contributed by atoms with Gasteiger partial charge in [-0.2, -0.15) is 0 Å². The molecule has 2 heteroatoms. The number of allylic oxidation sites excluding steroid dienone is 1. The maximum Gasteiger partial charge on any atom is 0.129 e. The SMILES string of the molecule is CCC(O)(C1=CCCCC1)c1ccccc1F. The fourth-order valence-corrected chi connectivity index (χ4v) is 2.60. The molecule has 92 valence electrons. The Labute approximate surface area is 102 Å². The Morgan fingerprint density at radius 3 is 2.65 bits per heavy atom. The highest BCUT2D eigenvalue weighted by Gasteiger charge is 2.34. The average Bonchev–Trinajstić information content (AvgIpc) is 2.39. The summed E-state index contributed by atoms with van der Waals surface area (Å²) >= 11 is 0. The summed E-state index contributed by atoms with van der Waals surface area (Å²) in [5.41, 5.74) is 0.276. The minimum absolute atomic E-state index is 0.316. The van der Waals surface area contributed by atoms with Gasteiger partial charge in [0, 0.05) is 5.56 Å². The normalized spacial score (nSPS) is 19.6. The van der Waals surface area contributed by atoms with Crippen molar-refractivity contribution in [3.8, 4) is 0 Å². The molecule has 0 spiro atoms. The Kier molecular flexibility index (Phi) is 3.63. The van der Waals surface area contributed by atoms with E-state index in [9.17, 15) is 9.50 Å². The van der Waals surface area contributed by atoms with E-state index in [0.29, 0.717) is 12.0 Å². The van der Waals surface area contributed by atoms with Crippen LogP contribution in [0.15, 0.2) is 35.9 Å². The van der Waals surface area contributed by atoms with E-state index in [1.807, 2.05) is 6.92 Å². The zero-order valence-corrected chi connectivity index (χ0v) is 10.2. The predicted molar refractivity (Wildman–Crippen MR) is 67.1 cm³/mol. The van der Waals surface area contributed by atoms with Crippen LogP contribution in [-0.2, 0) is 5.60 Å². The lowest BCUT2D eigenvalue weighted by Crippen LogP contribution is -2.29. The highest BCUT2D eigenvalue weighted by molar-refractivity contribution is 5.34. The first-order chi connectivity index (χ1) is 8.18. The maximum atomic E-state index is 13.8. The van der Waals surface area contributed by atoms with Crippen molar-refractivity contribution >= 4 is 0 Å². The summed E-state index contributed by atoms with van der Waals surface area (Å²) in [6, 6.07) is 6.54. The van der Waals surface area contributed by atoms with E-state index in [1.165, 1.54) is 12.5 Å². The first-order valence-electron chi connectivity index (χ1n) is 6.35. The summed E-state index contributed by atoms with van der Waals surface area (Å²) in [7, 11) is 0. The zero-order chi connectivity index (χ0) is 12.3. The molecule has 17 heavy (non-hydrogen) atoms. The molecule has 0 aliphatic heterocycles. The Bertz CT molecular complexity index is 425. The van der Waals surface area contributed by atoms with Crippen molar-refractivity contribution in [1.29, 1.82) is 0 Å². The van der Waals surface area contributed by atoms with E-state index in [0.717, 1.165) is 24.8 Å². The number of aliphatic hydroxyl groups is 1. The van der Waals surface area contributed by atoms with Gasteiger partial charge in [0.2, 0.25) is 0 Å². The molecule has 0 heterocycles. The number of hydrogen-bond acceptors (Lipinski definition) is 1. The lowest BCUT2D eigenvalue weighted by Gasteiger charge is -2.32. The van der Waals surface area contributed by atoms with Crippen LogP contribution in [0.25, 0.3) is 0 Å². The molecule has 1 N–H and O–H groups in total. The van der Waals surface area contributed by atoms with E-state index in [1.54, 1.807) is 18.2 Å². The molecular formula is C15H19FO. The molecule has 0 fully saturated rings. The Hall–Kier alpha value is -1.15. The molecule has 2 rings (SSSR count). The summed E-state index contributed by atoms with van der Waals surface area (Å²) in [5, 5.41) is 10.8. The topological polar surface area (TPSA) is 20.2 Å². The minimum atomic E-state index is -1.12. The number of hydrogen-bond donors (Lipinski definition) is 1. The van der Waals surface area contributed by atoms with Crippen molar-refractivity contribution < 1.29 is 9.50 Å². The lowest BCUT2D eigenvalue weighted by molar-refractivity contribution is 0.0625. The first-order valence-corrected chi connectivity index (χ1v) is 6.35. The summed E-state index contributed by atoms with van der Waals surface area (Å²) in [6.45, 7) is 1.90. The van der Waals surface area contributed by atoms with Gasteiger partial charge in [-0.05, 0) is 43.7 Å². The van der Waals surface area contributed by atoms with E-state index >= 15 is 0 Å². The van der Waals surface area contributed by atoms with Crippen LogP contribution in [0.2, 0.25) is 0 Å². The Balaban J connectivity index is 2.43. The van der Waals surface area contributed by atoms with E-state index in [-0.39, 0.29) is 5.82 Å². The quantitative estimate of drug-likeness (QED) is 0.786. The second-order valence-corrected chi connectivity index (χ2v) is 4.67. The van der Waals surface area contributed by atoms with Crippen molar-refractivity contribution in [3.63, 3.8) is 0 Å². The van der Waals surface area contributed by atoms with Crippen LogP contribution in [0.4, 0.5) is 4.39 Å². The maximum absolute atomic E-state index is 13.8. The number of rotatable bonds is 3. The Morgan fingerprint density at radius 2 is 2.06 bits per heavy atom. The van der Waals surface area contributed by atoms with Gasteiger partial charge in [-0.3, -0.25) is 0 Å². The van der Waals surface area contributed by atoms with Crippen LogP contribution in [0.1, 0.15) is 44.6 Å². The average molecular weight is 234 g/mol. The first kappa shape index (κ1) is 12.3. The van der Waals surface area contributed by atoms with Gasteiger partial charge in [0.1, 0.15) is 11.4 Å². The highest BCUT2D eigenvalue weighted by atomic mass is 19.1. The van der Waals surface area contributed by atoms with Crippen LogP contribution in [0.3, 0.4) is 0 Å². The largest absolute Gasteiger partial charge is 0.381 e. The Morgan fingerprint density at radius 1 is 1.29 bits per heavy atom. The summed E-state index contributed by atoms with van der Waals surface area (Å²) in [5.74, 6) is -0.316. The number of halogens is 1. The third kappa shape index (κ3) is 2.27. The van der Waals surface area contributed by atoms with Crippen molar-refractivity contribution in [3.05, 3.63) is 47.3 Å². The molecule has 1 unspecified atom stereocenters. The van der Waals surface area contributed by atoms with Crippen LogP contribution >= 0.6 is 0 Å². The second kappa shape index (κ2) is 5.01. The van der Waals surface area contributed by atoms with Crippen LogP contribution in [-0.4, -0.2) is 5.11 Å². The molecule has 1 atom stereocenters. The van der Waals surface area contributed by atoms with Crippen molar-refractivity contribution in [2.75, 3.05) is 0 Å². The van der Waals surface area contributed by atoms with Gasteiger partial charge in [-0.1, -0.05) is 31.2 Å².